The molecule has 6 nitrogen and oxygen atoms in total. The number of carbonyl (C=O) groups excluding carboxylic acids is 1. The summed E-state index contributed by atoms with van der Waals surface area (Å²) in [6, 6.07) is 13.2. The van der Waals surface area contributed by atoms with Crippen molar-refractivity contribution in [2.75, 3.05) is 13.7 Å². The summed E-state index contributed by atoms with van der Waals surface area (Å²) in [5.74, 6) is 0. The number of hydrogen-bond acceptors (Lipinski definition) is 4. The second-order valence-electron chi connectivity index (χ2n) is 6.49. The molecule has 0 unspecified atom stereocenters. The molecule has 0 saturated heterocycles. The fourth-order valence-corrected chi connectivity index (χ4v) is 2.84. The van der Waals surface area contributed by atoms with Gasteiger partial charge in [0.15, 0.2) is 0 Å². The van der Waals surface area contributed by atoms with Crippen LogP contribution in [0.5, 0.6) is 0 Å². The molecular formula is C19H26N4O2. The number of methoxy groups -OCH3 is 1. The van der Waals surface area contributed by atoms with Crippen molar-refractivity contribution >= 4 is 6.09 Å². The van der Waals surface area contributed by atoms with E-state index in [-0.39, 0.29) is 12.1 Å². The molecule has 1 aromatic carbocycles. The Morgan fingerprint density at radius 2 is 2.12 bits per heavy atom. The van der Waals surface area contributed by atoms with Gasteiger partial charge in [0.2, 0.25) is 0 Å². The van der Waals surface area contributed by atoms with Crippen molar-refractivity contribution in [1.82, 2.24) is 20.4 Å². The van der Waals surface area contributed by atoms with Crippen LogP contribution in [0.2, 0.25) is 0 Å². The Morgan fingerprint density at radius 1 is 1.36 bits per heavy atom. The van der Waals surface area contributed by atoms with E-state index in [9.17, 15) is 4.79 Å². The first-order valence-corrected chi connectivity index (χ1v) is 8.89. The van der Waals surface area contributed by atoms with Gasteiger partial charge in [-0.1, -0.05) is 18.2 Å². The third-order valence-corrected chi connectivity index (χ3v) is 4.37. The molecule has 2 aromatic rings. The summed E-state index contributed by atoms with van der Waals surface area (Å²) in [4.78, 5) is 11.2. The van der Waals surface area contributed by atoms with Gasteiger partial charge in [-0.3, -0.25) is 0 Å². The van der Waals surface area contributed by atoms with Crippen molar-refractivity contribution in [2.45, 2.75) is 44.7 Å². The maximum atomic E-state index is 11.2. The van der Waals surface area contributed by atoms with Gasteiger partial charge in [-0.15, -0.1) is 0 Å². The van der Waals surface area contributed by atoms with Crippen LogP contribution in [0, 0.1) is 0 Å². The number of rotatable bonds is 8. The molecule has 0 spiro atoms. The van der Waals surface area contributed by atoms with E-state index in [2.05, 4.69) is 40.5 Å². The van der Waals surface area contributed by atoms with Crippen LogP contribution in [0.15, 0.2) is 36.4 Å². The number of benzene rings is 1. The fourth-order valence-electron chi connectivity index (χ4n) is 2.84. The maximum absolute atomic E-state index is 11.2. The van der Waals surface area contributed by atoms with Crippen LogP contribution >= 0.6 is 0 Å². The lowest BCUT2D eigenvalue weighted by molar-refractivity contribution is 0.171. The molecule has 0 aliphatic heterocycles. The van der Waals surface area contributed by atoms with Crippen LogP contribution in [-0.4, -0.2) is 35.6 Å². The monoisotopic (exact) mass is 342 g/mol. The standard InChI is InChI=1S/C19H26N4O2/c1-14(21-15-10-11-15)18-13-17(9-6-12-20-19(24)25-2)23(22-18)16-7-4-3-5-8-16/h3-5,7-8,13-15,21H,6,9-12H2,1-2H3,(H,20,24)/t14-/m1/s1. The number of nitrogens with zero attached hydrogens (tertiary/aromatic N) is 2. The number of nitrogens with one attached hydrogen (secondary N) is 2. The zero-order valence-electron chi connectivity index (χ0n) is 14.9. The largest absolute Gasteiger partial charge is 0.453 e. The van der Waals surface area contributed by atoms with Gasteiger partial charge in [0.25, 0.3) is 0 Å². The van der Waals surface area contributed by atoms with E-state index in [1.165, 1.54) is 20.0 Å². The van der Waals surface area contributed by atoms with Crippen LogP contribution in [0.25, 0.3) is 5.69 Å². The lowest BCUT2D eigenvalue weighted by atomic mass is 10.1. The van der Waals surface area contributed by atoms with Crippen LogP contribution in [0.1, 0.15) is 43.6 Å². The first-order chi connectivity index (χ1) is 12.2. The molecule has 0 radical (unpaired) electrons. The third kappa shape index (κ3) is 4.82. The molecule has 1 aliphatic rings. The zero-order chi connectivity index (χ0) is 17.6. The van der Waals surface area contributed by atoms with Crippen LogP contribution < -0.4 is 10.6 Å². The van der Waals surface area contributed by atoms with Gasteiger partial charge in [0.1, 0.15) is 0 Å². The van der Waals surface area contributed by atoms with Crippen LogP contribution in [0.3, 0.4) is 0 Å². The number of aryl methyl sites for hydroxylation is 1. The number of amides is 1. The van der Waals surface area contributed by atoms with Gasteiger partial charge in [-0.25, -0.2) is 9.48 Å². The smallest absolute Gasteiger partial charge is 0.406 e. The quantitative estimate of drug-likeness (QED) is 0.724. The molecule has 1 atom stereocenters. The summed E-state index contributed by atoms with van der Waals surface area (Å²) in [5.41, 5.74) is 3.27. The Balaban J connectivity index is 1.71. The molecule has 3 rings (SSSR count). The molecule has 0 bridgehead atoms. The molecule has 2 N–H and O–H groups in total. The maximum Gasteiger partial charge on any atom is 0.406 e. The van der Waals surface area contributed by atoms with Crippen molar-refractivity contribution in [3.8, 4) is 5.69 Å². The lowest BCUT2D eigenvalue weighted by Gasteiger charge is -2.10. The number of ether oxygens (including phenoxy) is 1. The predicted octanol–water partition coefficient (Wildman–Crippen LogP) is 2.97. The van der Waals surface area contributed by atoms with E-state index >= 15 is 0 Å². The molecule has 6 heteroatoms. The Bertz CT molecular complexity index is 695. The van der Waals surface area contributed by atoms with Crippen molar-refractivity contribution in [3.63, 3.8) is 0 Å². The number of para-hydroxylation sites is 1. The van der Waals surface area contributed by atoms with Gasteiger partial charge < -0.3 is 15.4 Å². The van der Waals surface area contributed by atoms with Gasteiger partial charge in [-0.05, 0) is 50.8 Å². The summed E-state index contributed by atoms with van der Waals surface area (Å²) < 4.78 is 6.61. The second-order valence-corrected chi connectivity index (χ2v) is 6.49. The molecule has 1 fully saturated rings. The first kappa shape index (κ1) is 17.5. The summed E-state index contributed by atoms with van der Waals surface area (Å²) in [6.07, 6.45) is 3.80. The van der Waals surface area contributed by atoms with Crippen LogP contribution in [0.4, 0.5) is 4.79 Å². The van der Waals surface area contributed by atoms with Gasteiger partial charge >= 0.3 is 6.09 Å². The van der Waals surface area contributed by atoms with Crippen molar-refractivity contribution in [3.05, 3.63) is 47.8 Å². The van der Waals surface area contributed by atoms with E-state index in [0.717, 1.165) is 29.9 Å². The Labute approximate surface area is 148 Å². The van der Waals surface area contributed by atoms with Gasteiger partial charge in [0.05, 0.1) is 18.5 Å². The third-order valence-electron chi connectivity index (χ3n) is 4.37. The minimum absolute atomic E-state index is 0.240. The summed E-state index contributed by atoms with van der Waals surface area (Å²) >= 11 is 0. The average molecular weight is 342 g/mol. The summed E-state index contributed by atoms with van der Waals surface area (Å²) in [6.45, 7) is 2.75. The van der Waals surface area contributed by atoms with Crippen molar-refractivity contribution in [1.29, 1.82) is 0 Å². The normalized spacial score (nSPS) is 15.0. The molecule has 25 heavy (non-hydrogen) atoms. The highest BCUT2D eigenvalue weighted by atomic mass is 16.5. The van der Waals surface area contributed by atoms with E-state index < -0.39 is 0 Å². The van der Waals surface area contributed by atoms with E-state index in [1.807, 2.05) is 22.9 Å². The summed E-state index contributed by atoms with van der Waals surface area (Å²) in [7, 11) is 1.38. The first-order valence-electron chi connectivity index (χ1n) is 8.89. The number of carbonyl (C=O) groups is 1. The molecular weight excluding hydrogens is 316 g/mol. The Hall–Kier alpha value is -2.34. The minimum atomic E-state index is -0.389. The molecule has 1 saturated carbocycles. The van der Waals surface area contributed by atoms with Crippen molar-refractivity contribution < 1.29 is 9.53 Å². The topological polar surface area (TPSA) is 68.2 Å². The average Bonchev–Trinajstić information content (AvgIpc) is 3.35. The van der Waals surface area contributed by atoms with E-state index in [1.54, 1.807) is 0 Å². The zero-order valence-corrected chi connectivity index (χ0v) is 14.9. The van der Waals surface area contributed by atoms with Crippen LogP contribution in [-0.2, 0) is 11.2 Å². The number of hydrogen-bond donors (Lipinski definition) is 2. The highest BCUT2D eigenvalue weighted by Gasteiger charge is 2.24. The molecule has 1 aliphatic carbocycles. The lowest BCUT2D eigenvalue weighted by Crippen LogP contribution is -2.24. The van der Waals surface area contributed by atoms with E-state index in [4.69, 9.17) is 5.10 Å². The SMILES string of the molecule is COC(=O)NCCCc1cc([C@@H](C)NC2CC2)nn1-c1ccccc1. The van der Waals surface area contributed by atoms with Gasteiger partial charge in [0, 0.05) is 24.3 Å². The van der Waals surface area contributed by atoms with Gasteiger partial charge in [-0.2, -0.15) is 5.10 Å². The number of aromatic nitrogens is 2. The number of alkyl carbamates (subject to hydrolysis) is 1. The fraction of sp³-hybridized carbons (Fsp3) is 0.474. The minimum Gasteiger partial charge on any atom is -0.453 e. The highest BCUT2D eigenvalue weighted by molar-refractivity contribution is 5.66. The highest BCUT2D eigenvalue weighted by Crippen LogP contribution is 2.25. The molecule has 1 heterocycles. The predicted molar refractivity (Wildman–Crippen MR) is 96.9 cm³/mol. The molecule has 134 valence electrons. The molecule has 1 aromatic heterocycles. The Morgan fingerprint density at radius 3 is 2.80 bits per heavy atom. The van der Waals surface area contributed by atoms with Crippen molar-refractivity contribution in [2.24, 2.45) is 0 Å². The molecule has 1 amide bonds. The van der Waals surface area contributed by atoms with E-state index in [0.29, 0.717) is 12.6 Å². The Kier molecular flexibility index (Phi) is 5.71. The summed E-state index contributed by atoms with van der Waals surface area (Å²) in [5, 5.41) is 11.2. The second kappa shape index (κ2) is 8.16.